The van der Waals surface area contributed by atoms with Gasteiger partial charge in [-0.15, -0.1) is 0 Å². The number of rotatable bonds is 3. The molecule has 1 aliphatic rings. The third-order valence-corrected chi connectivity index (χ3v) is 4.92. The van der Waals surface area contributed by atoms with Gasteiger partial charge in [0.2, 0.25) is 11.7 Å². The predicted octanol–water partition coefficient (Wildman–Crippen LogP) is -0.758. The molecule has 0 amide bonds. The Bertz CT molecular complexity index is 1170. The fraction of sp³-hybridized carbons (Fsp3) is 0.316. The molecule has 0 bridgehead atoms. The fourth-order valence-corrected chi connectivity index (χ4v) is 3.39. The van der Waals surface area contributed by atoms with Crippen LogP contribution in [0.1, 0.15) is 0 Å². The van der Waals surface area contributed by atoms with E-state index in [1.165, 1.54) is 6.07 Å². The van der Waals surface area contributed by atoms with Gasteiger partial charge in [0, 0.05) is 12.1 Å². The zero-order chi connectivity index (χ0) is 21.7. The fourth-order valence-electron chi connectivity index (χ4n) is 3.39. The van der Waals surface area contributed by atoms with Crippen molar-refractivity contribution < 1.29 is 49.6 Å². The van der Waals surface area contributed by atoms with Gasteiger partial charge in [-0.3, -0.25) is 4.79 Å². The molecule has 3 aromatic rings. The van der Waals surface area contributed by atoms with Gasteiger partial charge in [-0.2, -0.15) is 0 Å². The Morgan fingerprint density at radius 3 is 2.37 bits per heavy atom. The number of phenolic OH excluding ortho intramolecular Hbond substituents is 3. The standard InChI is InChI=1S/C19H18O11/c20-5-11-14(24)16(26)17(27)19(30-11)29-9-2-1-7(22)18-13(9)15(25)12-8(23)3-6(21)4-10(12)28-18/h1-4,11,14,16-17,19-24,26-27H,5H2/t11-,14-,16+,17-,19+/m1/s1. The van der Waals surface area contributed by atoms with Crippen LogP contribution in [-0.2, 0) is 4.74 Å². The van der Waals surface area contributed by atoms with E-state index < -0.39 is 54.2 Å². The van der Waals surface area contributed by atoms with Gasteiger partial charge in [-0.05, 0) is 12.1 Å². The van der Waals surface area contributed by atoms with Crippen LogP contribution >= 0.6 is 0 Å². The molecule has 7 N–H and O–H groups in total. The van der Waals surface area contributed by atoms with Crippen LogP contribution in [0.4, 0.5) is 0 Å². The minimum atomic E-state index is -1.73. The molecule has 0 aliphatic carbocycles. The molecule has 5 atom stereocenters. The molecule has 4 rings (SSSR count). The number of hydrogen-bond acceptors (Lipinski definition) is 11. The summed E-state index contributed by atoms with van der Waals surface area (Å²) < 4.78 is 16.3. The van der Waals surface area contributed by atoms with Crippen LogP contribution in [0.5, 0.6) is 23.0 Å². The Balaban J connectivity index is 1.87. The number of ether oxygens (including phenoxy) is 2. The highest BCUT2D eigenvalue weighted by Crippen LogP contribution is 2.37. The molecular formula is C19H18O11. The van der Waals surface area contributed by atoms with Crippen LogP contribution < -0.4 is 10.2 Å². The van der Waals surface area contributed by atoms with Gasteiger partial charge in [0.05, 0.1) is 6.61 Å². The summed E-state index contributed by atoms with van der Waals surface area (Å²) in [5, 5.41) is 68.5. The van der Waals surface area contributed by atoms with E-state index in [1.54, 1.807) is 0 Å². The van der Waals surface area contributed by atoms with E-state index in [0.717, 1.165) is 18.2 Å². The van der Waals surface area contributed by atoms with Gasteiger partial charge >= 0.3 is 0 Å². The Labute approximate surface area is 167 Å². The van der Waals surface area contributed by atoms with Crippen molar-refractivity contribution in [3.05, 3.63) is 34.5 Å². The summed E-state index contributed by atoms with van der Waals surface area (Å²) >= 11 is 0. The van der Waals surface area contributed by atoms with Crippen LogP contribution in [-0.4, -0.2) is 73.1 Å². The zero-order valence-corrected chi connectivity index (χ0v) is 15.2. The third-order valence-electron chi connectivity index (χ3n) is 4.92. The molecular weight excluding hydrogens is 404 g/mol. The van der Waals surface area contributed by atoms with Gasteiger partial charge in [-0.1, -0.05) is 0 Å². The van der Waals surface area contributed by atoms with Crippen LogP contribution in [0.25, 0.3) is 21.9 Å². The average molecular weight is 422 g/mol. The molecule has 1 saturated heterocycles. The van der Waals surface area contributed by atoms with Crippen molar-refractivity contribution >= 4 is 21.9 Å². The van der Waals surface area contributed by atoms with E-state index in [2.05, 4.69) is 0 Å². The lowest BCUT2D eigenvalue weighted by molar-refractivity contribution is -0.277. The third kappa shape index (κ3) is 3.09. The van der Waals surface area contributed by atoms with E-state index in [4.69, 9.17) is 13.9 Å². The van der Waals surface area contributed by atoms with E-state index in [-0.39, 0.29) is 33.4 Å². The number of phenols is 3. The van der Waals surface area contributed by atoms with E-state index in [0.29, 0.717) is 0 Å². The van der Waals surface area contributed by atoms with Gasteiger partial charge in [-0.25, -0.2) is 0 Å². The lowest BCUT2D eigenvalue weighted by Gasteiger charge is -2.39. The summed E-state index contributed by atoms with van der Waals surface area (Å²) in [6.07, 6.45) is -7.85. The number of hydrogen-bond donors (Lipinski definition) is 7. The molecule has 1 aliphatic heterocycles. The zero-order valence-electron chi connectivity index (χ0n) is 15.2. The van der Waals surface area contributed by atoms with E-state index in [9.17, 15) is 40.5 Å². The van der Waals surface area contributed by atoms with Crippen molar-refractivity contribution in [1.82, 2.24) is 0 Å². The van der Waals surface area contributed by atoms with Crippen molar-refractivity contribution in [2.45, 2.75) is 30.7 Å². The van der Waals surface area contributed by atoms with Gasteiger partial charge < -0.3 is 49.6 Å². The second kappa shape index (κ2) is 7.31. The summed E-state index contributed by atoms with van der Waals surface area (Å²) in [4.78, 5) is 13.0. The maximum Gasteiger partial charge on any atom is 0.229 e. The molecule has 0 saturated carbocycles. The number of aliphatic hydroxyl groups is 4. The molecule has 1 aromatic heterocycles. The topological polar surface area (TPSA) is 190 Å². The normalized spacial score (nSPS) is 26.9. The Morgan fingerprint density at radius 2 is 1.67 bits per heavy atom. The first-order valence-corrected chi connectivity index (χ1v) is 8.84. The number of aromatic hydroxyl groups is 3. The number of fused-ring (bicyclic) bond motifs is 2. The molecule has 0 unspecified atom stereocenters. The molecule has 11 heteroatoms. The molecule has 0 radical (unpaired) electrons. The monoisotopic (exact) mass is 422 g/mol. The first-order valence-electron chi connectivity index (χ1n) is 8.84. The summed E-state index contributed by atoms with van der Waals surface area (Å²) in [6, 6.07) is 4.34. The van der Waals surface area contributed by atoms with Gasteiger partial charge in [0.15, 0.2) is 11.3 Å². The van der Waals surface area contributed by atoms with Crippen LogP contribution in [0.2, 0.25) is 0 Å². The smallest absolute Gasteiger partial charge is 0.229 e. The van der Waals surface area contributed by atoms with E-state index >= 15 is 0 Å². The Morgan fingerprint density at radius 1 is 0.933 bits per heavy atom. The maximum atomic E-state index is 13.0. The minimum absolute atomic E-state index is 0.190. The summed E-state index contributed by atoms with van der Waals surface area (Å²) in [7, 11) is 0. The average Bonchev–Trinajstić information content (AvgIpc) is 2.69. The highest BCUT2D eigenvalue weighted by atomic mass is 16.7. The second-order valence-electron chi connectivity index (χ2n) is 6.87. The largest absolute Gasteiger partial charge is 0.508 e. The molecule has 1 fully saturated rings. The highest BCUT2D eigenvalue weighted by Gasteiger charge is 2.45. The molecule has 2 heterocycles. The van der Waals surface area contributed by atoms with Crippen LogP contribution in [0, 0.1) is 0 Å². The highest BCUT2D eigenvalue weighted by molar-refractivity contribution is 5.98. The van der Waals surface area contributed by atoms with Gasteiger partial charge in [0.1, 0.15) is 58.0 Å². The lowest BCUT2D eigenvalue weighted by atomic mass is 9.99. The minimum Gasteiger partial charge on any atom is -0.508 e. The quantitative estimate of drug-likeness (QED) is 0.263. The molecule has 11 nitrogen and oxygen atoms in total. The predicted molar refractivity (Wildman–Crippen MR) is 99.4 cm³/mol. The molecule has 160 valence electrons. The van der Waals surface area contributed by atoms with Crippen molar-refractivity contribution in [3.8, 4) is 23.0 Å². The molecule has 30 heavy (non-hydrogen) atoms. The summed E-state index contributed by atoms with van der Waals surface area (Å²) in [5.41, 5.74) is -1.32. The van der Waals surface area contributed by atoms with Crippen molar-refractivity contribution in [1.29, 1.82) is 0 Å². The Hall–Kier alpha value is -3.09. The van der Waals surface area contributed by atoms with Gasteiger partial charge in [0.25, 0.3) is 0 Å². The van der Waals surface area contributed by atoms with E-state index in [1.807, 2.05) is 0 Å². The molecule has 0 spiro atoms. The molecule has 2 aromatic carbocycles. The van der Waals surface area contributed by atoms with Crippen molar-refractivity contribution in [3.63, 3.8) is 0 Å². The Kier molecular flexibility index (Phi) is 4.92. The number of benzene rings is 2. The first-order chi connectivity index (χ1) is 14.2. The van der Waals surface area contributed by atoms with Crippen molar-refractivity contribution in [2.24, 2.45) is 0 Å². The number of aliphatic hydroxyl groups excluding tert-OH is 4. The SMILES string of the molecule is O=c1c2c(O)cc(O)cc2oc2c(O)ccc(O[C@H]3O[C@H](CO)[C@@H](O)[C@H](O)[C@H]3O)c12. The second-order valence-corrected chi connectivity index (χ2v) is 6.87. The van der Waals surface area contributed by atoms with Crippen LogP contribution in [0.15, 0.2) is 33.5 Å². The summed E-state index contributed by atoms with van der Waals surface area (Å²) in [6.45, 7) is -0.675. The van der Waals surface area contributed by atoms with Crippen molar-refractivity contribution in [2.75, 3.05) is 6.61 Å². The van der Waals surface area contributed by atoms with Crippen LogP contribution in [0.3, 0.4) is 0 Å². The lowest BCUT2D eigenvalue weighted by Crippen LogP contribution is -2.60. The maximum absolute atomic E-state index is 13.0. The summed E-state index contributed by atoms with van der Waals surface area (Å²) in [5.74, 6) is -1.60. The first kappa shape index (κ1) is 20.2.